The van der Waals surface area contributed by atoms with E-state index in [1.54, 1.807) is 78.9 Å². The van der Waals surface area contributed by atoms with Gasteiger partial charge in [0.15, 0.2) is 5.76 Å². The number of benzene rings is 5. The Labute approximate surface area is 353 Å². The standard InChI is InChI=1S/C46H34Cl2N4O8/c47-35-16-7-28(18-36(35)48)25-59-34-14-12-31(13-15-34)42-44(54)50-37-20-32-21-39(52(24-33(32)22-41(37)60-42)45(55)40-2-1-17-58-40)43(53)51-38(46(56)57)19-26-3-8-29(9-4-26)30-10-5-27(23-49)6-11-30/h1-18,20,22,38-39,42H,19,21,24-25H2,(H,50,54)(H,51,53)(H,56,57)/t38-,39-,42?/m0/s1. The number of anilines is 1. The predicted octanol–water partition coefficient (Wildman–Crippen LogP) is 8.16. The first kappa shape index (κ1) is 39.7. The van der Waals surface area contributed by atoms with Crippen LogP contribution in [-0.2, 0) is 40.4 Å². The number of hydrogen-bond donors (Lipinski definition) is 3. The molecule has 3 amide bonds. The van der Waals surface area contributed by atoms with Crippen molar-refractivity contribution in [3.8, 4) is 28.7 Å². The van der Waals surface area contributed by atoms with Crippen molar-refractivity contribution in [3.05, 3.63) is 171 Å². The van der Waals surface area contributed by atoms with Crippen LogP contribution >= 0.6 is 23.2 Å². The second-order valence-corrected chi connectivity index (χ2v) is 15.1. The van der Waals surface area contributed by atoms with Crippen LogP contribution in [0.2, 0.25) is 10.0 Å². The van der Waals surface area contributed by atoms with E-state index in [-0.39, 0.29) is 31.8 Å². The molecule has 0 bridgehead atoms. The summed E-state index contributed by atoms with van der Waals surface area (Å²) in [6.45, 7) is 0.232. The van der Waals surface area contributed by atoms with Crippen molar-refractivity contribution in [2.45, 2.75) is 44.2 Å². The minimum Gasteiger partial charge on any atom is -0.489 e. The molecule has 8 rings (SSSR count). The topological polar surface area (TPSA) is 171 Å². The minimum atomic E-state index is -1.31. The van der Waals surface area contributed by atoms with Gasteiger partial charge in [-0.1, -0.05) is 77.8 Å². The molecule has 1 aromatic heterocycles. The number of carbonyl (C=O) groups excluding carboxylic acids is 3. The van der Waals surface area contributed by atoms with Crippen molar-refractivity contribution in [2.75, 3.05) is 5.32 Å². The maximum absolute atomic E-state index is 14.1. The molecule has 60 heavy (non-hydrogen) atoms. The highest BCUT2D eigenvalue weighted by atomic mass is 35.5. The van der Waals surface area contributed by atoms with E-state index in [1.807, 2.05) is 30.3 Å². The fraction of sp³-hybridized carbons (Fsp3) is 0.152. The number of nitrogens with zero attached hydrogens (tertiary/aromatic N) is 2. The van der Waals surface area contributed by atoms with E-state index in [0.29, 0.717) is 55.0 Å². The van der Waals surface area contributed by atoms with Gasteiger partial charge in [-0.05, 0) is 94.0 Å². The van der Waals surface area contributed by atoms with Gasteiger partial charge in [0.05, 0.1) is 33.6 Å². The summed E-state index contributed by atoms with van der Waals surface area (Å²) in [6, 6.07) is 32.8. The number of carboxylic acids is 1. The zero-order chi connectivity index (χ0) is 41.9. The lowest BCUT2D eigenvalue weighted by atomic mass is 9.91. The van der Waals surface area contributed by atoms with Crippen LogP contribution in [-0.4, -0.2) is 45.8 Å². The monoisotopic (exact) mass is 840 g/mol. The number of ether oxygens (including phenoxy) is 2. The van der Waals surface area contributed by atoms with Crippen molar-refractivity contribution < 1.29 is 38.2 Å². The number of amides is 3. The maximum Gasteiger partial charge on any atom is 0.326 e. The molecule has 1 unspecified atom stereocenters. The van der Waals surface area contributed by atoms with Crippen LogP contribution in [0.3, 0.4) is 0 Å². The highest BCUT2D eigenvalue weighted by molar-refractivity contribution is 6.42. The molecular formula is C46H34Cl2N4O8. The Hall–Kier alpha value is -7.07. The van der Waals surface area contributed by atoms with Crippen molar-refractivity contribution in [2.24, 2.45) is 0 Å². The fourth-order valence-corrected chi connectivity index (χ4v) is 7.53. The first-order chi connectivity index (χ1) is 29.0. The lowest BCUT2D eigenvalue weighted by Crippen LogP contribution is -2.55. The summed E-state index contributed by atoms with van der Waals surface area (Å²) in [4.78, 5) is 55.1. The number of furan rings is 1. The van der Waals surface area contributed by atoms with E-state index < -0.39 is 41.9 Å². The molecule has 0 radical (unpaired) electrons. The largest absolute Gasteiger partial charge is 0.489 e. The molecule has 2 aliphatic heterocycles. The number of nitrogens with one attached hydrogen (secondary N) is 2. The SMILES string of the molecule is N#Cc1ccc(-c2ccc(C[C@H](NC(=O)[C@@H]3Cc4cc5c(cc4CN3C(=O)c3ccco3)OC(c3ccc(OCc4ccc(Cl)c(Cl)c4)cc3)C(=O)N5)C(=O)O)cc2)cc1. The first-order valence-corrected chi connectivity index (χ1v) is 19.6. The quantitative estimate of drug-likeness (QED) is 0.116. The van der Waals surface area contributed by atoms with Crippen LogP contribution < -0.4 is 20.1 Å². The van der Waals surface area contributed by atoms with Crippen molar-refractivity contribution in [3.63, 3.8) is 0 Å². The second kappa shape index (κ2) is 17.0. The van der Waals surface area contributed by atoms with Crippen LogP contribution in [0.1, 0.15) is 50.0 Å². The second-order valence-electron chi connectivity index (χ2n) is 14.3. The average molecular weight is 842 g/mol. The summed E-state index contributed by atoms with van der Waals surface area (Å²) in [7, 11) is 0. The molecule has 6 aromatic rings. The molecule has 0 spiro atoms. The first-order valence-electron chi connectivity index (χ1n) is 18.8. The Morgan fingerprint density at radius 2 is 1.62 bits per heavy atom. The lowest BCUT2D eigenvalue weighted by molar-refractivity contribution is -0.142. The van der Waals surface area contributed by atoms with Crippen molar-refractivity contribution in [1.82, 2.24) is 10.2 Å². The molecule has 0 aliphatic carbocycles. The Morgan fingerprint density at radius 1 is 0.900 bits per heavy atom. The number of rotatable bonds is 11. The lowest BCUT2D eigenvalue weighted by Gasteiger charge is -2.37. The molecule has 2 aliphatic rings. The zero-order valence-corrected chi connectivity index (χ0v) is 33.1. The smallest absolute Gasteiger partial charge is 0.326 e. The van der Waals surface area contributed by atoms with Gasteiger partial charge in [0.2, 0.25) is 12.0 Å². The number of nitriles is 1. The van der Waals surface area contributed by atoms with Gasteiger partial charge in [-0.2, -0.15) is 5.26 Å². The van der Waals surface area contributed by atoms with Crippen LogP contribution in [0, 0.1) is 11.3 Å². The van der Waals surface area contributed by atoms with Crippen molar-refractivity contribution in [1.29, 1.82) is 5.26 Å². The molecule has 0 saturated carbocycles. The van der Waals surface area contributed by atoms with E-state index in [2.05, 4.69) is 16.7 Å². The third-order valence-electron chi connectivity index (χ3n) is 10.4. The summed E-state index contributed by atoms with van der Waals surface area (Å²) in [5, 5.41) is 25.8. The molecule has 12 nitrogen and oxygen atoms in total. The summed E-state index contributed by atoms with van der Waals surface area (Å²) in [6.07, 6.45) is 0.378. The summed E-state index contributed by atoms with van der Waals surface area (Å²) in [5.74, 6) is -1.90. The third kappa shape index (κ3) is 8.54. The molecule has 3 heterocycles. The van der Waals surface area contributed by atoms with Gasteiger partial charge in [0, 0.05) is 24.9 Å². The average Bonchev–Trinajstić information content (AvgIpc) is 3.81. The zero-order valence-electron chi connectivity index (χ0n) is 31.6. The molecule has 14 heteroatoms. The number of hydrogen-bond acceptors (Lipinski definition) is 8. The minimum absolute atomic E-state index is 0.0133. The van der Waals surface area contributed by atoms with E-state index >= 15 is 0 Å². The van der Waals surface area contributed by atoms with Gasteiger partial charge in [-0.3, -0.25) is 14.4 Å². The Bertz CT molecular complexity index is 2640. The van der Waals surface area contributed by atoms with Gasteiger partial charge in [0.25, 0.3) is 11.8 Å². The number of carboxylic acid groups (broad SMARTS) is 1. The Kier molecular flexibility index (Phi) is 11.3. The number of aliphatic carboxylic acids is 1. The normalized spacial score (nSPS) is 15.9. The summed E-state index contributed by atoms with van der Waals surface area (Å²) >= 11 is 12.1. The van der Waals surface area contributed by atoms with Crippen LogP contribution in [0.15, 0.2) is 126 Å². The molecular weight excluding hydrogens is 807 g/mol. The number of carbonyl (C=O) groups is 4. The molecule has 300 valence electrons. The molecule has 3 atom stereocenters. The van der Waals surface area contributed by atoms with Crippen LogP contribution in [0.4, 0.5) is 5.69 Å². The molecule has 3 N–H and O–H groups in total. The summed E-state index contributed by atoms with van der Waals surface area (Å²) < 4.78 is 17.6. The van der Waals surface area contributed by atoms with E-state index in [4.69, 9.17) is 42.4 Å². The Balaban J connectivity index is 0.981. The molecule has 0 saturated heterocycles. The predicted molar refractivity (Wildman–Crippen MR) is 222 cm³/mol. The van der Waals surface area contributed by atoms with E-state index in [9.17, 15) is 24.3 Å². The number of fused-ring (bicyclic) bond motifs is 2. The van der Waals surface area contributed by atoms with E-state index in [0.717, 1.165) is 16.7 Å². The Morgan fingerprint density at radius 3 is 2.28 bits per heavy atom. The van der Waals surface area contributed by atoms with Gasteiger partial charge in [-0.25, -0.2) is 4.79 Å². The van der Waals surface area contributed by atoms with Crippen LogP contribution in [0.5, 0.6) is 11.5 Å². The van der Waals surface area contributed by atoms with E-state index in [1.165, 1.54) is 17.2 Å². The maximum atomic E-state index is 14.1. The summed E-state index contributed by atoms with van der Waals surface area (Å²) in [5.41, 5.74) is 6.15. The molecule has 0 fully saturated rings. The van der Waals surface area contributed by atoms with Crippen LogP contribution in [0.25, 0.3) is 11.1 Å². The van der Waals surface area contributed by atoms with Crippen molar-refractivity contribution >= 4 is 52.6 Å². The third-order valence-corrected chi connectivity index (χ3v) is 11.1. The number of halogens is 2. The van der Waals surface area contributed by atoms with Gasteiger partial charge >= 0.3 is 5.97 Å². The van der Waals surface area contributed by atoms with Gasteiger partial charge < -0.3 is 34.5 Å². The van der Waals surface area contributed by atoms with Gasteiger partial charge in [0.1, 0.15) is 30.2 Å². The fourth-order valence-electron chi connectivity index (χ4n) is 7.21. The molecule has 5 aromatic carbocycles. The highest BCUT2D eigenvalue weighted by Gasteiger charge is 2.39. The highest BCUT2D eigenvalue weighted by Crippen LogP contribution is 2.40. The van der Waals surface area contributed by atoms with Gasteiger partial charge in [-0.15, -0.1) is 0 Å².